The number of aromatic nitrogens is 2. The lowest BCUT2D eigenvalue weighted by Crippen LogP contribution is -2.38. The Hall–Kier alpha value is -2.06. The first kappa shape index (κ1) is 19.7. The summed E-state index contributed by atoms with van der Waals surface area (Å²) in [6.07, 6.45) is -2.62. The van der Waals surface area contributed by atoms with E-state index in [1.54, 1.807) is 4.57 Å². The molecule has 0 fully saturated rings. The van der Waals surface area contributed by atoms with Gasteiger partial charge in [-0.05, 0) is 31.5 Å². The highest BCUT2D eigenvalue weighted by Crippen LogP contribution is 2.30. The van der Waals surface area contributed by atoms with Crippen LogP contribution in [0.2, 0.25) is 0 Å². The lowest BCUT2D eigenvalue weighted by Gasteiger charge is -2.29. The van der Waals surface area contributed by atoms with Crippen LogP contribution in [-0.2, 0) is 19.1 Å². The molecule has 0 spiro atoms. The number of alkyl halides is 3. The fourth-order valence-corrected chi connectivity index (χ4v) is 3.44. The van der Waals surface area contributed by atoms with Gasteiger partial charge >= 0.3 is 6.18 Å². The summed E-state index contributed by atoms with van der Waals surface area (Å²) >= 11 is 0. The van der Waals surface area contributed by atoms with Crippen molar-refractivity contribution in [3.05, 3.63) is 48.0 Å². The Bertz CT molecular complexity index is 734. The molecule has 27 heavy (non-hydrogen) atoms. The van der Waals surface area contributed by atoms with Crippen LogP contribution in [0.5, 0.6) is 5.75 Å². The number of aryl methyl sites for hydroxylation is 1. The van der Waals surface area contributed by atoms with Gasteiger partial charge in [0.05, 0.1) is 0 Å². The van der Waals surface area contributed by atoms with Gasteiger partial charge in [0.15, 0.2) is 5.69 Å². The van der Waals surface area contributed by atoms with Gasteiger partial charge in [-0.2, -0.15) is 13.2 Å². The largest absolute Gasteiger partial charge is 0.491 e. The molecule has 0 radical (unpaired) electrons. The van der Waals surface area contributed by atoms with E-state index in [1.807, 2.05) is 42.3 Å². The maximum atomic E-state index is 12.8. The molecule has 3 rings (SSSR count). The van der Waals surface area contributed by atoms with Crippen LogP contribution in [-0.4, -0.2) is 52.4 Å². The number of hydrogen-bond acceptors (Lipinski definition) is 4. The van der Waals surface area contributed by atoms with Crippen molar-refractivity contribution in [3.8, 4) is 5.75 Å². The summed E-state index contributed by atoms with van der Waals surface area (Å²) in [5.41, 5.74) is -0.819. The van der Waals surface area contributed by atoms with Crippen molar-refractivity contribution in [1.29, 1.82) is 0 Å². The van der Waals surface area contributed by atoms with Crippen LogP contribution in [0.25, 0.3) is 0 Å². The second-order valence-electron chi connectivity index (χ2n) is 7.10. The number of aliphatic hydroxyl groups excluding tert-OH is 1. The highest BCUT2D eigenvalue weighted by molar-refractivity contribution is 5.20. The van der Waals surface area contributed by atoms with E-state index in [4.69, 9.17) is 4.74 Å². The number of halogens is 3. The number of fused-ring (bicyclic) bond motifs is 1. The zero-order valence-corrected chi connectivity index (χ0v) is 15.2. The molecular weight excluding hydrogens is 359 g/mol. The quantitative estimate of drug-likeness (QED) is 0.799. The predicted octanol–water partition coefficient (Wildman–Crippen LogP) is 2.84. The lowest BCUT2D eigenvalue weighted by atomic mass is 9.99. The molecule has 1 aromatic heterocycles. The normalized spacial score (nSPS) is 18.4. The second-order valence-corrected chi connectivity index (χ2v) is 7.10. The highest BCUT2D eigenvalue weighted by Gasteiger charge is 2.35. The molecule has 0 saturated heterocycles. The summed E-state index contributed by atoms with van der Waals surface area (Å²) in [7, 11) is 1.90. The zero-order valence-electron chi connectivity index (χ0n) is 15.2. The van der Waals surface area contributed by atoms with Crippen molar-refractivity contribution in [2.45, 2.75) is 31.7 Å². The maximum Gasteiger partial charge on any atom is 0.434 e. The molecule has 0 bridgehead atoms. The zero-order chi connectivity index (χ0) is 19.4. The Labute approximate surface area is 156 Å². The third-order valence-electron chi connectivity index (χ3n) is 4.66. The van der Waals surface area contributed by atoms with Crippen molar-refractivity contribution in [1.82, 2.24) is 14.5 Å². The van der Waals surface area contributed by atoms with Gasteiger partial charge in [-0.1, -0.05) is 18.2 Å². The van der Waals surface area contributed by atoms with Crippen LogP contribution in [0, 0.1) is 5.92 Å². The molecule has 2 atom stereocenters. The Kier molecular flexibility index (Phi) is 6.06. The molecule has 0 amide bonds. The van der Waals surface area contributed by atoms with Crippen LogP contribution in [0.15, 0.2) is 36.5 Å². The summed E-state index contributed by atoms with van der Waals surface area (Å²) < 4.78 is 45.5. The van der Waals surface area contributed by atoms with E-state index in [2.05, 4.69) is 4.98 Å². The van der Waals surface area contributed by atoms with Crippen LogP contribution in [0.1, 0.15) is 17.9 Å². The summed E-state index contributed by atoms with van der Waals surface area (Å²) in [5, 5.41) is 10.2. The van der Waals surface area contributed by atoms with Crippen molar-refractivity contribution in [2.24, 2.45) is 5.92 Å². The van der Waals surface area contributed by atoms with Gasteiger partial charge in [-0.3, -0.25) is 0 Å². The Morgan fingerprint density at radius 1 is 1.33 bits per heavy atom. The minimum atomic E-state index is -4.40. The van der Waals surface area contributed by atoms with Gasteiger partial charge in [0.2, 0.25) is 0 Å². The number of rotatable bonds is 7. The molecule has 0 unspecified atom stereocenters. The average Bonchev–Trinajstić information content (AvgIpc) is 3.04. The van der Waals surface area contributed by atoms with E-state index >= 15 is 0 Å². The molecule has 148 valence electrons. The smallest absolute Gasteiger partial charge is 0.434 e. The number of hydrogen-bond donors (Lipinski definition) is 1. The van der Waals surface area contributed by atoms with Gasteiger partial charge in [0.1, 0.15) is 24.3 Å². The molecule has 1 aliphatic heterocycles. The van der Waals surface area contributed by atoms with Gasteiger partial charge in [-0.15, -0.1) is 0 Å². The molecule has 2 heterocycles. The van der Waals surface area contributed by atoms with E-state index in [0.29, 0.717) is 37.6 Å². The van der Waals surface area contributed by atoms with Crippen molar-refractivity contribution in [3.63, 3.8) is 0 Å². The third kappa shape index (κ3) is 5.46. The highest BCUT2D eigenvalue weighted by atomic mass is 19.4. The molecular formula is C19H24F3N3O2. The summed E-state index contributed by atoms with van der Waals surface area (Å²) in [6, 6.07) is 9.29. The van der Waals surface area contributed by atoms with E-state index in [9.17, 15) is 18.3 Å². The van der Waals surface area contributed by atoms with Gasteiger partial charge < -0.3 is 19.3 Å². The number of likely N-dealkylation sites (N-methyl/N-ethyl adjacent to an activating group) is 1. The second kappa shape index (κ2) is 8.31. The summed E-state index contributed by atoms with van der Waals surface area (Å²) in [5.74, 6) is 1.43. The molecule has 0 aliphatic carbocycles. The number of aliphatic hydroxyl groups is 1. The minimum absolute atomic E-state index is 0.194. The van der Waals surface area contributed by atoms with E-state index < -0.39 is 18.0 Å². The molecule has 1 aromatic carbocycles. The molecule has 0 saturated carbocycles. The predicted molar refractivity (Wildman–Crippen MR) is 94.5 cm³/mol. The van der Waals surface area contributed by atoms with Crippen LogP contribution in [0.3, 0.4) is 0 Å². The molecule has 2 aromatic rings. The fraction of sp³-hybridized carbons (Fsp3) is 0.526. The molecule has 1 N–H and O–H groups in total. The molecule has 8 heteroatoms. The number of nitrogens with zero attached hydrogens (tertiary/aromatic N) is 3. The Morgan fingerprint density at radius 3 is 2.78 bits per heavy atom. The van der Waals surface area contributed by atoms with E-state index in [1.165, 1.54) is 0 Å². The first-order valence-corrected chi connectivity index (χ1v) is 8.99. The number of para-hydroxylation sites is 1. The molecule has 5 nitrogen and oxygen atoms in total. The van der Waals surface area contributed by atoms with Crippen LogP contribution < -0.4 is 4.74 Å². The number of benzene rings is 1. The van der Waals surface area contributed by atoms with Crippen LogP contribution in [0.4, 0.5) is 13.2 Å². The standard InChI is InChI=1S/C19H24F3N3O2/c1-24(11-15(26)13-27-16-5-3-2-4-6-16)9-14-7-8-18-23-17(19(20,21)22)12-25(18)10-14/h2-6,12,14-15,26H,7-11,13H2,1H3/t14-,15-/m1/s1. The van der Waals surface area contributed by atoms with E-state index in [-0.39, 0.29) is 12.5 Å². The van der Waals surface area contributed by atoms with E-state index in [0.717, 1.165) is 12.6 Å². The first-order valence-electron chi connectivity index (χ1n) is 8.99. The fourth-order valence-electron chi connectivity index (χ4n) is 3.44. The van der Waals surface area contributed by atoms with Gasteiger partial charge in [0, 0.05) is 32.3 Å². The van der Waals surface area contributed by atoms with Gasteiger partial charge in [-0.25, -0.2) is 4.98 Å². The first-order chi connectivity index (χ1) is 12.8. The lowest BCUT2D eigenvalue weighted by molar-refractivity contribution is -0.141. The van der Waals surface area contributed by atoms with Crippen LogP contribution >= 0.6 is 0 Å². The number of imidazole rings is 1. The van der Waals surface area contributed by atoms with Crippen molar-refractivity contribution >= 4 is 0 Å². The average molecular weight is 383 g/mol. The van der Waals surface area contributed by atoms with Crippen molar-refractivity contribution in [2.75, 3.05) is 26.7 Å². The Balaban J connectivity index is 1.45. The molecule has 1 aliphatic rings. The van der Waals surface area contributed by atoms with Crippen molar-refractivity contribution < 1.29 is 23.0 Å². The summed E-state index contributed by atoms with van der Waals surface area (Å²) in [4.78, 5) is 5.70. The SMILES string of the molecule is CN(C[C@@H](O)COc1ccccc1)C[C@H]1CCc2nc(C(F)(F)F)cn2C1. The third-order valence-corrected chi connectivity index (χ3v) is 4.66. The minimum Gasteiger partial charge on any atom is -0.491 e. The number of ether oxygens (including phenoxy) is 1. The van der Waals surface area contributed by atoms with Gasteiger partial charge in [0.25, 0.3) is 0 Å². The maximum absolute atomic E-state index is 12.8. The Morgan fingerprint density at radius 2 is 2.07 bits per heavy atom. The topological polar surface area (TPSA) is 50.5 Å². The summed E-state index contributed by atoms with van der Waals surface area (Å²) in [6.45, 7) is 1.84. The monoisotopic (exact) mass is 383 g/mol.